The SMILES string of the molecule is CCCn1c(C)cc(C(=O)CSc2nc(N)cc(=O)[nH]2)c1C. The van der Waals surface area contributed by atoms with E-state index in [9.17, 15) is 9.59 Å². The summed E-state index contributed by atoms with van der Waals surface area (Å²) in [6, 6.07) is 3.13. The molecule has 0 aromatic carbocycles. The van der Waals surface area contributed by atoms with Gasteiger partial charge in [0.1, 0.15) is 5.82 Å². The van der Waals surface area contributed by atoms with Crippen LogP contribution in [-0.2, 0) is 6.54 Å². The number of nitrogens with two attached hydrogens (primary N) is 1. The van der Waals surface area contributed by atoms with E-state index in [1.165, 1.54) is 17.8 Å². The molecule has 0 atom stereocenters. The maximum atomic E-state index is 12.4. The summed E-state index contributed by atoms with van der Waals surface area (Å²) in [4.78, 5) is 30.3. The van der Waals surface area contributed by atoms with Crippen LogP contribution in [0.5, 0.6) is 0 Å². The van der Waals surface area contributed by atoms with Crippen molar-refractivity contribution < 1.29 is 4.79 Å². The number of Topliss-reactive ketones (excluding diaryl/α,β-unsaturated/α-hetero) is 1. The summed E-state index contributed by atoms with van der Waals surface area (Å²) in [6.45, 7) is 6.98. The lowest BCUT2D eigenvalue weighted by Crippen LogP contribution is -2.11. The van der Waals surface area contributed by atoms with E-state index in [1.807, 2.05) is 19.9 Å². The van der Waals surface area contributed by atoms with Crippen LogP contribution >= 0.6 is 11.8 Å². The number of hydrogen-bond donors (Lipinski definition) is 2. The Morgan fingerprint density at radius 1 is 1.41 bits per heavy atom. The first kappa shape index (κ1) is 16.4. The third kappa shape index (κ3) is 3.59. The average molecular weight is 320 g/mol. The van der Waals surface area contributed by atoms with Crippen LogP contribution in [0.1, 0.15) is 35.1 Å². The predicted molar refractivity (Wildman–Crippen MR) is 88.5 cm³/mol. The predicted octanol–water partition coefficient (Wildman–Crippen LogP) is 2.16. The van der Waals surface area contributed by atoms with Crippen molar-refractivity contribution in [3.8, 4) is 0 Å². The zero-order chi connectivity index (χ0) is 16.3. The number of rotatable bonds is 6. The molecule has 0 bridgehead atoms. The molecule has 0 amide bonds. The summed E-state index contributed by atoms with van der Waals surface area (Å²) in [5.74, 6) is 0.383. The fraction of sp³-hybridized carbons (Fsp3) is 0.400. The monoisotopic (exact) mass is 320 g/mol. The Balaban J connectivity index is 2.12. The highest BCUT2D eigenvalue weighted by Crippen LogP contribution is 2.20. The third-order valence-electron chi connectivity index (χ3n) is 3.40. The Bertz CT molecular complexity index is 748. The second kappa shape index (κ2) is 6.83. The highest BCUT2D eigenvalue weighted by Gasteiger charge is 2.16. The van der Waals surface area contributed by atoms with Crippen molar-refractivity contribution in [2.45, 2.75) is 38.9 Å². The third-order valence-corrected chi connectivity index (χ3v) is 4.27. The van der Waals surface area contributed by atoms with Crippen LogP contribution in [0.25, 0.3) is 0 Å². The zero-order valence-electron chi connectivity index (χ0n) is 13.0. The van der Waals surface area contributed by atoms with E-state index < -0.39 is 0 Å². The van der Waals surface area contributed by atoms with Gasteiger partial charge in [0, 0.05) is 29.6 Å². The molecule has 0 unspecified atom stereocenters. The summed E-state index contributed by atoms with van der Waals surface area (Å²) >= 11 is 1.18. The minimum Gasteiger partial charge on any atom is -0.383 e. The summed E-state index contributed by atoms with van der Waals surface area (Å²) < 4.78 is 2.15. The van der Waals surface area contributed by atoms with E-state index in [-0.39, 0.29) is 22.9 Å². The number of nitrogen functional groups attached to an aromatic ring is 1. The van der Waals surface area contributed by atoms with Crippen LogP contribution < -0.4 is 11.3 Å². The van der Waals surface area contributed by atoms with Gasteiger partial charge in [-0.3, -0.25) is 9.59 Å². The number of nitrogens with zero attached hydrogens (tertiary/aromatic N) is 2. The second-order valence-electron chi connectivity index (χ2n) is 5.12. The van der Waals surface area contributed by atoms with Crippen molar-refractivity contribution in [3.05, 3.63) is 39.4 Å². The zero-order valence-corrected chi connectivity index (χ0v) is 13.8. The summed E-state index contributed by atoms with van der Waals surface area (Å²) in [6.07, 6.45) is 1.02. The number of anilines is 1. The highest BCUT2D eigenvalue weighted by atomic mass is 32.2. The van der Waals surface area contributed by atoms with Crippen molar-refractivity contribution in [2.24, 2.45) is 0 Å². The first-order valence-corrected chi connectivity index (χ1v) is 8.10. The first-order chi connectivity index (χ1) is 10.4. The molecule has 0 fully saturated rings. The molecule has 22 heavy (non-hydrogen) atoms. The number of carbonyl (C=O) groups is 1. The molecular weight excluding hydrogens is 300 g/mol. The van der Waals surface area contributed by atoms with E-state index in [0.717, 1.165) is 29.9 Å². The lowest BCUT2D eigenvalue weighted by atomic mass is 10.2. The van der Waals surface area contributed by atoms with Gasteiger partial charge in [0.15, 0.2) is 10.9 Å². The quantitative estimate of drug-likeness (QED) is 0.483. The summed E-state index contributed by atoms with van der Waals surface area (Å²) in [7, 11) is 0. The number of carbonyl (C=O) groups excluding carboxylic acids is 1. The van der Waals surface area contributed by atoms with Gasteiger partial charge in [0.2, 0.25) is 0 Å². The maximum Gasteiger partial charge on any atom is 0.253 e. The number of nitrogens with one attached hydrogen (secondary N) is 1. The summed E-state index contributed by atoms with van der Waals surface area (Å²) in [5.41, 5.74) is 8.01. The molecule has 2 rings (SSSR count). The Morgan fingerprint density at radius 2 is 2.14 bits per heavy atom. The van der Waals surface area contributed by atoms with Gasteiger partial charge in [0.25, 0.3) is 5.56 Å². The van der Waals surface area contributed by atoms with Gasteiger partial charge in [-0.2, -0.15) is 0 Å². The second-order valence-corrected chi connectivity index (χ2v) is 6.09. The van der Waals surface area contributed by atoms with Gasteiger partial charge < -0.3 is 15.3 Å². The van der Waals surface area contributed by atoms with Crippen LogP contribution in [0.3, 0.4) is 0 Å². The Kier molecular flexibility index (Phi) is 5.07. The minimum absolute atomic E-state index is 0.0190. The molecular formula is C15H20N4O2S. The number of ketones is 1. The number of thioether (sulfide) groups is 1. The van der Waals surface area contributed by atoms with Gasteiger partial charge in [0.05, 0.1) is 5.75 Å². The van der Waals surface area contributed by atoms with Gasteiger partial charge in [-0.15, -0.1) is 0 Å². The molecule has 0 spiro atoms. The number of hydrogen-bond acceptors (Lipinski definition) is 5. The van der Waals surface area contributed by atoms with E-state index in [4.69, 9.17) is 5.73 Å². The van der Waals surface area contributed by atoms with Crippen LogP contribution in [0.2, 0.25) is 0 Å². The number of H-pyrrole nitrogens is 1. The van der Waals surface area contributed by atoms with Crippen LogP contribution in [0, 0.1) is 13.8 Å². The largest absolute Gasteiger partial charge is 0.383 e. The molecule has 0 saturated carbocycles. The van der Waals surface area contributed by atoms with Crippen molar-refractivity contribution in [2.75, 3.05) is 11.5 Å². The van der Waals surface area contributed by atoms with Crippen LogP contribution in [-0.4, -0.2) is 26.1 Å². The molecule has 6 nitrogen and oxygen atoms in total. The van der Waals surface area contributed by atoms with Crippen molar-refractivity contribution >= 4 is 23.4 Å². The van der Waals surface area contributed by atoms with E-state index in [1.54, 1.807) is 0 Å². The standard InChI is InChI=1S/C15H20N4O2S/c1-4-5-19-9(2)6-11(10(19)3)12(20)8-22-15-17-13(16)7-14(21)18-15/h6-7H,4-5,8H2,1-3H3,(H3,16,17,18,21). The lowest BCUT2D eigenvalue weighted by molar-refractivity contribution is 0.102. The highest BCUT2D eigenvalue weighted by molar-refractivity contribution is 7.99. The maximum absolute atomic E-state index is 12.4. The molecule has 118 valence electrons. The number of aryl methyl sites for hydroxylation is 1. The topological polar surface area (TPSA) is 93.8 Å². The molecule has 0 aliphatic heterocycles. The molecule has 0 saturated heterocycles. The molecule has 0 aliphatic carbocycles. The summed E-state index contributed by atoms with van der Waals surface area (Å²) in [5, 5.41) is 0.362. The molecule has 0 radical (unpaired) electrons. The molecule has 2 aromatic heterocycles. The normalized spacial score (nSPS) is 10.9. The Hall–Kier alpha value is -2.02. The van der Waals surface area contributed by atoms with Gasteiger partial charge >= 0.3 is 0 Å². The van der Waals surface area contributed by atoms with E-state index >= 15 is 0 Å². The molecule has 2 aromatic rings. The number of aromatic nitrogens is 3. The number of aromatic amines is 1. The Morgan fingerprint density at radius 3 is 2.77 bits per heavy atom. The van der Waals surface area contributed by atoms with Crippen molar-refractivity contribution in [3.63, 3.8) is 0 Å². The van der Waals surface area contributed by atoms with Crippen molar-refractivity contribution in [1.82, 2.24) is 14.5 Å². The molecule has 7 heteroatoms. The molecule has 2 heterocycles. The van der Waals surface area contributed by atoms with Gasteiger partial charge in [-0.1, -0.05) is 18.7 Å². The minimum atomic E-state index is -0.316. The fourth-order valence-electron chi connectivity index (χ4n) is 2.38. The van der Waals surface area contributed by atoms with Crippen molar-refractivity contribution in [1.29, 1.82) is 0 Å². The van der Waals surface area contributed by atoms with Crippen LogP contribution in [0.15, 0.2) is 22.1 Å². The van der Waals surface area contributed by atoms with E-state index in [2.05, 4.69) is 21.5 Å². The smallest absolute Gasteiger partial charge is 0.253 e. The van der Waals surface area contributed by atoms with Gasteiger partial charge in [-0.25, -0.2) is 4.98 Å². The van der Waals surface area contributed by atoms with E-state index in [0.29, 0.717) is 5.16 Å². The lowest BCUT2D eigenvalue weighted by Gasteiger charge is -2.07. The molecule has 3 N–H and O–H groups in total. The average Bonchev–Trinajstić information content (AvgIpc) is 2.72. The van der Waals surface area contributed by atoms with Gasteiger partial charge in [-0.05, 0) is 26.3 Å². The first-order valence-electron chi connectivity index (χ1n) is 7.12. The molecule has 0 aliphatic rings. The Labute approximate surface area is 133 Å². The fourth-order valence-corrected chi connectivity index (χ4v) is 3.15. The van der Waals surface area contributed by atoms with Crippen LogP contribution in [0.4, 0.5) is 5.82 Å².